The summed E-state index contributed by atoms with van der Waals surface area (Å²) in [6, 6.07) is 17.3. The molecule has 5 aliphatic rings. The topological polar surface area (TPSA) is 175 Å². The average Bonchev–Trinajstić information content (AvgIpc) is 3.41. The molecule has 2 heterocycles. The maximum absolute atomic E-state index is 14.2. The molecule has 4 aliphatic carbocycles. The van der Waals surface area contributed by atoms with E-state index in [-0.39, 0.29) is 35.1 Å². The zero-order valence-corrected chi connectivity index (χ0v) is 36.0. The minimum atomic E-state index is -1.96. The molecular formula is C49H59NO10. The van der Waals surface area contributed by atoms with Gasteiger partial charge in [-0.3, -0.25) is 19.2 Å². The van der Waals surface area contributed by atoms with Crippen LogP contribution in [-0.4, -0.2) is 81.4 Å². The first-order chi connectivity index (χ1) is 28.0. The summed E-state index contributed by atoms with van der Waals surface area (Å²) in [4.78, 5) is 54.7. The molecule has 3 aromatic rings. The Balaban J connectivity index is 0.000000201. The normalized spacial score (nSPS) is 32.2. The molecule has 1 aromatic heterocycles. The van der Waals surface area contributed by atoms with Crippen molar-refractivity contribution in [2.45, 2.75) is 92.0 Å². The molecule has 60 heavy (non-hydrogen) atoms. The molecular weight excluding hydrogens is 763 g/mol. The summed E-state index contributed by atoms with van der Waals surface area (Å²) in [6.45, 7) is 16.6. The molecule has 1 saturated heterocycles. The number of hydrogen-bond acceptors (Lipinski definition) is 11. The number of aliphatic hydroxyl groups excluding tert-OH is 2. The third-order valence-electron chi connectivity index (χ3n) is 14.9. The maximum Gasteiger partial charge on any atom is 0.206 e. The Bertz CT molecular complexity index is 2360. The van der Waals surface area contributed by atoms with Crippen LogP contribution in [0.3, 0.4) is 0 Å². The van der Waals surface area contributed by atoms with E-state index in [4.69, 9.17) is 9.15 Å². The fourth-order valence-electron chi connectivity index (χ4n) is 11.5. The van der Waals surface area contributed by atoms with Crippen LogP contribution in [0.15, 0.2) is 99.4 Å². The number of ketones is 3. The van der Waals surface area contributed by atoms with Crippen molar-refractivity contribution >= 4 is 34.2 Å². The number of anilines is 1. The zero-order valence-electron chi connectivity index (χ0n) is 36.0. The molecule has 0 amide bonds. The lowest BCUT2D eigenvalue weighted by Crippen LogP contribution is -2.64. The zero-order chi connectivity index (χ0) is 43.8. The van der Waals surface area contributed by atoms with Crippen molar-refractivity contribution in [1.29, 1.82) is 0 Å². The molecule has 2 saturated carbocycles. The van der Waals surface area contributed by atoms with Gasteiger partial charge >= 0.3 is 0 Å². The van der Waals surface area contributed by atoms with E-state index in [1.54, 1.807) is 19.9 Å². The lowest BCUT2D eigenvalue weighted by Gasteiger charge is -2.63. The van der Waals surface area contributed by atoms with Crippen LogP contribution in [0.1, 0.15) is 74.7 Å². The number of carbonyl (C=O) groups is 3. The van der Waals surface area contributed by atoms with Crippen molar-refractivity contribution in [3.63, 3.8) is 0 Å². The number of allylic oxidation sites excluding steroid dienone is 4. The van der Waals surface area contributed by atoms with Gasteiger partial charge in [-0.2, -0.15) is 0 Å². The van der Waals surface area contributed by atoms with Gasteiger partial charge in [0.1, 0.15) is 17.0 Å². The first-order valence-corrected chi connectivity index (χ1v) is 21.0. The molecule has 0 spiro atoms. The SMILES string of the molecule is CC(C)(O)/C=C/C(=O)[C@](C)(O)[C@H]1[C@H](O)C[C@@]2(C)[C@@H]3CC=C4[C@@H](C=C(O)C(=O)C4(C)C)[C@]3(C)C(=O)C[C@]12C.O=c1cc(N2CCOCC2)oc2c(-c3ccccc3)cccc12. The summed E-state index contributed by atoms with van der Waals surface area (Å²) in [7, 11) is 0. The van der Waals surface area contributed by atoms with Crippen LogP contribution in [0.2, 0.25) is 0 Å². The predicted molar refractivity (Wildman–Crippen MR) is 229 cm³/mol. The van der Waals surface area contributed by atoms with E-state index in [1.165, 1.54) is 32.9 Å². The average molecular weight is 822 g/mol. The number of Topliss-reactive ketones (excluding diaryl/α,β-unsaturated/α-hetero) is 2. The van der Waals surface area contributed by atoms with Gasteiger partial charge in [0.05, 0.1) is 35.7 Å². The van der Waals surface area contributed by atoms with Crippen LogP contribution in [0, 0.1) is 39.4 Å². The summed E-state index contributed by atoms with van der Waals surface area (Å²) in [6.07, 6.45) is 5.85. The Labute approximate surface area is 351 Å². The lowest BCUT2D eigenvalue weighted by molar-refractivity contribution is -0.179. The second kappa shape index (κ2) is 15.0. The van der Waals surface area contributed by atoms with Gasteiger partial charge in [0, 0.05) is 48.4 Å². The summed E-state index contributed by atoms with van der Waals surface area (Å²) >= 11 is 0. The Morgan fingerprint density at radius 2 is 1.58 bits per heavy atom. The molecule has 3 fully saturated rings. The van der Waals surface area contributed by atoms with Crippen molar-refractivity contribution in [1.82, 2.24) is 0 Å². The van der Waals surface area contributed by atoms with Gasteiger partial charge in [-0.25, -0.2) is 0 Å². The van der Waals surface area contributed by atoms with Crippen molar-refractivity contribution in [3.05, 3.63) is 100 Å². The molecule has 0 unspecified atom stereocenters. The minimum absolute atomic E-state index is 0.00878. The Morgan fingerprint density at radius 1 is 0.917 bits per heavy atom. The van der Waals surface area contributed by atoms with Crippen molar-refractivity contribution < 1.29 is 44.0 Å². The van der Waals surface area contributed by atoms with Crippen molar-refractivity contribution in [2.75, 3.05) is 31.2 Å². The summed E-state index contributed by atoms with van der Waals surface area (Å²) in [5.74, 6) is -2.36. The van der Waals surface area contributed by atoms with E-state index in [1.807, 2.05) is 75.4 Å². The molecule has 320 valence electrons. The molecule has 1 aliphatic heterocycles. The number of aliphatic hydroxyl groups is 4. The highest BCUT2D eigenvalue weighted by Crippen LogP contribution is 2.73. The number of hydrogen-bond donors (Lipinski definition) is 4. The molecule has 11 nitrogen and oxygen atoms in total. The first-order valence-electron chi connectivity index (χ1n) is 21.0. The second-order valence-corrected chi connectivity index (χ2v) is 19.5. The van der Waals surface area contributed by atoms with Crippen LogP contribution < -0.4 is 10.3 Å². The van der Waals surface area contributed by atoms with Gasteiger partial charge in [0.2, 0.25) is 5.78 Å². The third-order valence-corrected chi connectivity index (χ3v) is 14.9. The van der Waals surface area contributed by atoms with E-state index < -0.39 is 56.6 Å². The largest absolute Gasteiger partial charge is 0.505 e. The van der Waals surface area contributed by atoms with Gasteiger partial charge in [0.15, 0.2) is 22.9 Å². The number of carbonyl (C=O) groups excluding carboxylic acids is 3. The fourth-order valence-corrected chi connectivity index (χ4v) is 11.5. The van der Waals surface area contributed by atoms with Crippen LogP contribution in [0.5, 0.6) is 0 Å². The van der Waals surface area contributed by atoms with Gasteiger partial charge in [-0.1, -0.05) is 81.0 Å². The van der Waals surface area contributed by atoms with Crippen LogP contribution in [0.25, 0.3) is 22.1 Å². The molecule has 2 aromatic carbocycles. The first kappa shape index (κ1) is 43.4. The summed E-state index contributed by atoms with van der Waals surface area (Å²) < 4.78 is 11.5. The molecule has 0 bridgehead atoms. The Kier molecular flexibility index (Phi) is 10.9. The van der Waals surface area contributed by atoms with E-state index in [9.17, 15) is 39.6 Å². The van der Waals surface area contributed by atoms with E-state index in [2.05, 4.69) is 4.90 Å². The van der Waals surface area contributed by atoms with Crippen molar-refractivity contribution in [2.24, 2.45) is 39.4 Å². The summed E-state index contributed by atoms with van der Waals surface area (Å²) in [5.41, 5.74) is -3.13. The monoisotopic (exact) mass is 821 g/mol. The minimum Gasteiger partial charge on any atom is -0.505 e. The van der Waals surface area contributed by atoms with Gasteiger partial charge in [0.25, 0.3) is 0 Å². The number of para-hydroxylation sites is 1. The number of nitrogens with zero attached hydrogens (tertiary/aromatic N) is 1. The predicted octanol–water partition coefficient (Wildman–Crippen LogP) is 6.92. The summed E-state index contributed by atoms with van der Waals surface area (Å²) in [5, 5.41) is 44.2. The highest BCUT2D eigenvalue weighted by molar-refractivity contribution is 6.02. The number of rotatable bonds is 6. The van der Waals surface area contributed by atoms with Gasteiger partial charge in [-0.15, -0.1) is 0 Å². The Morgan fingerprint density at radius 3 is 2.23 bits per heavy atom. The number of ether oxygens (including phenoxy) is 1. The molecule has 8 rings (SSSR count). The maximum atomic E-state index is 14.2. The fraction of sp³-hybridized carbons (Fsp3) is 0.510. The van der Waals surface area contributed by atoms with Gasteiger partial charge < -0.3 is 34.5 Å². The van der Waals surface area contributed by atoms with Gasteiger partial charge in [-0.05, 0) is 88.0 Å². The third kappa shape index (κ3) is 6.91. The molecule has 8 atom stereocenters. The lowest BCUT2D eigenvalue weighted by atomic mass is 9.39. The molecule has 11 heteroatoms. The quantitative estimate of drug-likeness (QED) is 0.150. The van der Waals surface area contributed by atoms with Crippen molar-refractivity contribution in [3.8, 4) is 11.1 Å². The highest BCUT2D eigenvalue weighted by atomic mass is 16.5. The van der Waals surface area contributed by atoms with Crippen LogP contribution in [-0.2, 0) is 19.1 Å². The van der Waals surface area contributed by atoms with Crippen LogP contribution in [0.4, 0.5) is 5.88 Å². The van der Waals surface area contributed by atoms with Crippen LogP contribution >= 0.6 is 0 Å². The van der Waals surface area contributed by atoms with E-state index in [0.29, 0.717) is 42.9 Å². The second-order valence-electron chi connectivity index (χ2n) is 19.5. The highest BCUT2D eigenvalue weighted by Gasteiger charge is 2.74. The Hall–Kier alpha value is -4.68. The smallest absolute Gasteiger partial charge is 0.206 e. The number of benzene rings is 2. The standard InChI is InChI=1S/C30H42O7.C19H17NO3/c1-25(2,36)12-11-21(33)30(8,37)23-19(32)14-27(5)20-10-9-16-17(13-18(31)24(35)26(16,3)4)29(20,7)22(34)15-28(23,27)6;21-17-13-18(20-9-11-22-12-10-20)23-19-15(7-4-8-16(17)19)14-5-2-1-3-6-14/h9,11-13,17,19-20,23,31-32,36-37H,10,14-15H2,1-8H3;1-8,13H,9-12H2/b12-11+;/t17-,19-,20+,23+,27+,28-,29+,30+;/m1./s1. The van der Waals surface area contributed by atoms with E-state index in [0.717, 1.165) is 35.9 Å². The number of morpholine rings is 1. The molecule has 0 radical (unpaired) electrons. The van der Waals surface area contributed by atoms with E-state index >= 15 is 0 Å². The number of fused-ring (bicyclic) bond motifs is 6. The molecule has 4 N–H and O–H groups in total.